The highest BCUT2D eigenvalue weighted by Gasteiger charge is 2.26. The van der Waals surface area contributed by atoms with Gasteiger partial charge in [0.1, 0.15) is 11.7 Å². The maximum Gasteiger partial charge on any atom is 0.272 e. The summed E-state index contributed by atoms with van der Waals surface area (Å²) in [5.41, 5.74) is 1.05. The van der Waals surface area contributed by atoms with Crippen LogP contribution >= 0.6 is 0 Å². The molecule has 0 aliphatic heterocycles. The smallest absolute Gasteiger partial charge is 0.272 e. The van der Waals surface area contributed by atoms with Gasteiger partial charge in [-0.15, -0.1) is 0 Å². The van der Waals surface area contributed by atoms with Gasteiger partial charge in [-0.25, -0.2) is 0 Å². The normalized spacial score (nSPS) is 12.0. The number of carbonyl (C=O) groups excluding carboxylic acids is 1. The summed E-state index contributed by atoms with van der Waals surface area (Å²) in [6, 6.07) is 14.7. The summed E-state index contributed by atoms with van der Waals surface area (Å²) in [5, 5.41) is 11.1. The number of pyridine rings is 1. The zero-order chi connectivity index (χ0) is 21.8. The van der Waals surface area contributed by atoms with Crippen LogP contribution in [0.1, 0.15) is 36.3 Å². The van der Waals surface area contributed by atoms with E-state index in [1.54, 1.807) is 42.7 Å². The van der Waals surface area contributed by atoms with Crippen LogP contribution in [0.3, 0.4) is 0 Å². The molecule has 0 radical (unpaired) electrons. The van der Waals surface area contributed by atoms with Gasteiger partial charge in [0.05, 0.1) is 5.69 Å². The zero-order valence-electron chi connectivity index (χ0n) is 17.0. The van der Waals surface area contributed by atoms with E-state index in [1.165, 1.54) is 16.8 Å². The van der Waals surface area contributed by atoms with E-state index in [0.717, 1.165) is 0 Å². The average molecular weight is 416 g/mol. The second-order valence-corrected chi connectivity index (χ2v) is 7.20. The Balaban J connectivity index is 1.59. The molecule has 1 amide bonds. The lowest BCUT2D eigenvalue weighted by atomic mass is 10.0. The number of para-hydroxylation sites is 1. The molecular formula is C22H20N6O3. The lowest BCUT2D eigenvalue weighted by molar-refractivity contribution is 0.0907. The fraction of sp³-hybridized carbons (Fsp3) is 0.182. The van der Waals surface area contributed by atoms with Crippen LogP contribution in [0.2, 0.25) is 0 Å². The van der Waals surface area contributed by atoms with Crippen molar-refractivity contribution in [3.05, 3.63) is 88.9 Å². The van der Waals surface area contributed by atoms with Gasteiger partial charge in [0.15, 0.2) is 0 Å². The maximum atomic E-state index is 12.9. The number of aromatic nitrogens is 5. The minimum absolute atomic E-state index is 0.0359. The Kier molecular flexibility index (Phi) is 5.65. The first-order valence-corrected chi connectivity index (χ1v) is 9.73. The van der Waals surface area contributed by atoms with Gasteiger partial charge < -0.3 is 9.84 Å². The van der Waals surface area contributed by atoms with Crippen LogP contribution in [0, 0.1) is 5.92 Å². The highest BCUT2D eigenvalue weighted by molar-refractivity contribution is 5.92. The second kappa shape index (κ2) is 8.70. The van der Waals surface area contributed by atoms with E-state index in [-0.39, 0.29) is 23.1 Å². The second-order valence-electron chi connectivity index (χ2n) is 7.20. The van der Waals surface area contributed by atoms with Crippen molar-refractivity contribution in [3.63, 3.8) is 0 Å². The number of hydrogen-bond donors (Lipinski definition) is 1. The molecule has 156 valence electrons. The molecule has 0 bridgehead atoms. The topological polar surface area (TPSA) is 116 Å². The Morgan fingerprint density at radius 3 is 2.58 bits per heavy atom. The number of amides is 1. The van der Waals surface area contributed by atoms with Crippen LogP contribution in [-0.2, 0) is 0 Å². The number of nitrogens with one attached hydrogen (secondary N) is 1. The van der Waals surface area contributed by atoms with Crippen LogP contribution in [-0.4, -0.2) is 30.8 Å². The first-order valence-electron chi connectivity index (χ1n) is 9.73. The molecule has 0 spiro atoms. The van der Waals surface area contributed by atoms with E-state index in [9.17, 15) is 9.59 Å². The van der Waals surface area contributed by atoms with Crippen LogP contribution in [0.15, 0.2) is 76.3 Å². The molecule has 3 aromatic heterocycles. The van der Waals surface area contributed by atoms with Crippen molar-refractivity contribution in [1.82, 2.24) is 30.2 Å². The summed E-state index contributed by atoms with van der Waals surface area (Å²) in [6.07, 6.45) is 3.29. The molecule has 0 saturated carbocycles. The molecule has 1 N–H and O–H groups in total. The molecule has 0 saturated heterocycles. The van der Waals surface area contributed by atoms with Gasteiger partial charge in [-0.3, -0.25) is 14.6 Å². The van der Waals surface area contributed by atoms with E-state index >= 15 is 0 Å². The van der Waals surface area contributed by atoms with Gasteiger partial charge in [-0.2, -0.15) is 14.8 Å². The molecule has 31 heavy (non-hydrogen) atoms. The molecule has 9 heteroatoms. The van der Waals surface area contributed by atoms with Crippen molar-refractivity contribution in [2.75, 3.05) is 0 Å². The third kappa shape index (κ3) is 4.40. The number of benzene rings is 1. The number of rotatable bonds is 6. The Hall–Kier alpha value is -4.14. The monoisotopic (exact) mass is 416 g/mol. The van der Waals surface area contributed by atoms with E-state index in [4.69, 9.17) is 4.52 Å². The molecule has 0 aliphatic rings. The van der Waals surface area contributed by atoms with Crippen molar-refractivity contribution in [3.8, 4) is 17.1 Å². The largest absolute Gasteiger partial charge is 0.339 e. The van der Waals surface area contributed by atoms with E-state index in [1.807, 2.05) is 26.0 Å². The molecule has 1 atom stereocenters. The minimum Gasteiger partial charge on any atom is -0.339 e. The number of nitrogens with zero attached hydrogens (tertiary/aromatic N) is 5. The molecule has 0 fully saturated rings. The predicted octanol–water partition coefficient (Wildman–Crippen LogP) is 2.80. The van der Waals surface area contributed by atoms with Gasteiger partial charge in [-0.1, -0.05) is 37.2 Å². The molecular weight excluding hydrogens is 396 g/mol. The Labute approximate surface area is 177 Å². The number of carbonyl (C=O) groups is 1. The Morgan fingerprint density at radius 2 is 1.87 bits per heavy atom. The molecule has 4 rings (SSSR count). The summed E-state index contributed by atoms with van der Waals surface area (Å²) in [6.45, 7) is 3.86. The third-order valence-corrected chi connectivity index (χ3v) is 4.61. The SMILES string of the molecule is CC(C)C(NC(=O)c1ccc(=O)n(-c2ccccc2)n1)c1nc(-c2cccnc2)no1. The zero-order valence-corrected chi connectivity index (χ0v) is 17.0. The lowest BCUT2D eigenvalue weighted by Gasteiger charge is -2.18. The average Bonchev–Trinajstić information content (AvgIpc) is 3.28. The molecule has 4 aromatic rings. The van der Waals surface area contributed by atoms with Crippen molar-refractivity contribution in [1.29, 1.82) is 0 Å². The summed E-state index contributed by atoms with van der Waals surface area (Å²) in [5.74, 6) is 0.174. The third-order valence-electron chi connectivity index (χ3n) is 4.61. The van der Waals surface area contributed by atoms with Gasteiger partial charge in [0.2, 0.25) is 11.7 Å². The van der Waals surface area contributed by atoms with Crippen molar-refractivity contribution in [2.24, 2.45) is 5.92 Å². The highest BCUT2D eigenvalue weighted by Crippen LogP contribution is 2.23. The van der Waals surface area contributed by atoms with Gasteiger partial charge in [-0.05, 0) is 36.2 Å². The van der Waals surface area contributed by atoms with Crippen LogP contribution in [0.5, 0.6) is 0 Å². The first-order chi connectivity index (χ1) is 15.0. The summed E-state index contributed by atoms with van der Waals surface area (Å²) < 4.78 is 6.60. The van der Waals surface area contributed by atoms with E-state index in [0.29, 0.717) is 17.1 Å². The van der Waals surface area contributed by atoms with Crippen LogP contribution in [0.25, 0.3) is 17.1 Å². The van der Waals surface area contributed by atoms with Crippen LogP contribution in [0.4, 0.5) is 0 Å². The molecule has 9 nitrogen and oxygen atoms in total. The fourth-order valence-electron chi connectivity index (χ4n) is 2.99. The first kappa shape index (κ1) is 20.1. The van der Waals surface area contributed by atoms with Crippen molar-refractivity contribution >= 4 is 5.91 Å². The summed E-state index contributed by atoms with van der Waals surface area (Å²) in [4.78, 5) is 33.6. The predicted molar refractivity (Wildman–Crippen MR) is 112 cm³/mol. The van der Waals surface area contributed by atoms with E-state index < -0.39 is 11.9 Å². The molecule has 0 aliphatic carbocycles. The Morgan fingerprint density at radius 1 is 1.06 bits per heavy atom. The van der Waals surface area contributed by atoms with Crippen LogP contribution < -0.4 is 10.9 Å². The quantitative estimate of drug-likeness (QED) is 0.514. The van der Waals surface area contributed by atoms with Crippen molar-refractivity contribution < 1.29 is 9.32 Å². The maximum absolute atomic E-state index is 12.9. The van der Waals surface area contributed by atoms with Gasteiger partial charge >= 0.3 is 0 Å². The van der Waals surface area contributed by atoms with Gasteiger partial charge in [0.25, 0.3) is 11.5 Å². The minimum atomic E-state index is -0.538. The number of hydrogen-bond acceptors (Lipinski definition) is 7. The van der Waals surface area contributed by atoms with Gasteiger partial charge in [0, 0.05) is 24.0 Å². The Bertz CT molecular complexity index is 1230. The van der Waals surface area contributed by atoms with Crippen molar-refractivity contribution in [2.45, 2.75) is 19.9 Å². The summed E-state index contributed by atoms with van der Waals surface area (Å²) in [7, 11) is 0. The lowest BCUT2D eigenvalue weighted by Crippen LogP contribution is -2.34. The highest BCUT2D eigenvalue weighted by atomic mass is 16.5. The summed E-state index contributed by atoms with van der Waals surface area (Å²) >= 11 is 0. The van der Waals surface area contributed by atoms with E-state index in [2.05, 4.69) is 25.5 Å². The molecule has 1 aromatic carbocycles. The molecule has 1 unspecified atom stereocenters. The molecule has 3 heterocycles. The standard InChI is InChI=1S/C22H20N6O3/c1-14(2)19(22-25-20(27-31-22)15-7-6-12-23-13-15)24-21(30)17-10-11-18(29)28(26-17)16-8-4-3-5-9-16/h3-14,19H,1-2H3,(H,24,30). The fourth-order valence-corrected chi connectivity index (χ4v) is 2.99.